The van der Waals surface area contributed by atoms with E-state index in [1.165, 1.54) is 0 Å². The second kappa shape index (κ2) is 6.29. The van der Waals surface area contributed by atoms with Gasteiger partial charge in [-0.05, 0) is 36.1 Å². The maximum atomic E-state index is 13.1. The second-order valence-electron chi connectivity index (χ2n) is 5.66. The van der Waals surface area contributed by atoms with Gasteiger partial charge in [0.15, 0.2) is 5.43 Å². The molecule has 0 aliphatic rings. The number of carboxylic acids is 2. The summed E-state index contributed by atoms with van der Waals surface area (Å²) in [6.07, 6.45) is 0.804. The molecule has 25 heavy (non-hydrogen) atoms. The van der Waals surface area contributed by atoms with E-state index in [4.69, 9.17) is 0 Å². The molecule has 6 heteroatoms. The minimum absolute atomic E-state index is 0.203. The number of hydrogen-bond acceptors (Lipinski definition) is 4. The van der Waals surface area contributed by atoms with Crippen molar-refractivity contribution >= 4 is 43.4 Å². The van der Waals surface area contributed by atoms with Gasteiger partial charge in [0.25, 0.3) is 0 Å². The summed E-state index contributed by atoms with van der Waals surface area (Å²) in [5.41, 5.74) is 0.330. The molecule has 0 unspecified atom stereocenters. The van der Waals surface area contributed by atoms with Gasteiger partial charge in [-0.3, -0.25) is 4.79 Å². The summed E-state index contributed by atoms with van der Waals surface area (Å²) in [5.74, 6) is -2.61. The third-order valence-electron chi connectivity index (χ3n) is 4.38. The van der Waals surface area contributed by atoms with Gasteiger partial charge in [-0.1, -0.05) is 26.0 Å². The molecule has 0 radical (unpaired) electrons. The third kappa shape index (κ3) is 2.49. The topological polar surface area (TPSA) is 91.7 Å². The van der Waals surface area contributed by atoms with E-state index in [9.17, 15) is 24.6 Å². The summed E-state index contributed by atoms with van der Waals surface area (Å²) in [4.78, 5) is 36.8. The molecule has 0 spiro atoms. The Morgan fingerprint density at radius 3 is 2.12 bits per heavy atom. The van der Waals surface area contributed by atoms with Crippen LogP contribution >= 0.6 is 11.3 Å². The first-order valence-corrected chi connectivity index (χ1v) is 8.73. The summed E-state index contributed by atoms with van der Waals surface area (Å²) in [7, 11) is 0. The molecule has 128 valence electrons. The molecule has 3 aromatic rings. The predicted octanol–water partition coefficient (Wildman–Crippen LogP) is 3.94. The normalized spacial score (nSPS) is 11.1. The molecule has 2 N–H and O–H groups in total. The van der Waals surface area contributed by atoms with Crippen LogP contribution in [0.15, 0.2) is 29.1 Å². The Morgan fingerprint density at radius 2 is 1.56 bits per heavy atom. The Morgan fingerprint density at radius 1 is 0.960 bits per heavy atom. The van der Waals surface area contributed by atoms with Crippen molar-refractivity contribution < 1.29 is 19.8 Å². The molecule has 2 aromatic carbocycles. The molecule has 0 atom stereocenters. The highest BCUT2D eigenvalue weighted by molar-refractivity contribution is 7.25. The van der Waals surface area contributed by atoms with Crippen LogP contribution in [0.2, 0.25) is 0 Å². The molecule has 0 aliphatic heterocycles. The summed E-state index contributed by atoms with van der Waals surface area (Å²) in [6.45, 7) is 3.62. The number of aromatic carboxylic acids is 2. The fourth-order valence-corrected chi connectivity index (χ4v) is 4.63. The van der Waals surface area contributed by atoms with Crippen molar-refractivity contribution in [1.82, 2.24) is 0 Å². The highest BCUT2D eigenvalue weighted by Crippen LogP contribution is 2.35. The summed E-state index contributed by atoms with van der Waals surface area (Å²) >= 11 is 1.16. The van der Waals surface area contributed by atoms with Gasteiger partial charge in [-0.15, -0.1) is 11.3 Å². The van der Waals surface area contributed by atoms with Gasteiger partial charge in [0.05, 0.1) is 15.8 Å². The van der Waals surface area contributed by atoms with Crippen molar-refractivity contribution in [3.05, 3.63) is 56.7 Å². The summed E-state index contributed by atoms with van der Waals surface area (Å²) in [5, 5.41) is 20.2. The van der Waals surface area contributed by atoms with Gasteiger partial charge < -0.3 is 10.2 Å². The van der Waals surface area contributed by atoms with Crippen LogP contribution in [0, 0.1) is 0 Å². The zero-order chi connectivity index (χ0) is 18.3. The van der Waals surface area contributed by atoms with E-state index in [1.54, 1.807) is 31.2 Å². The molecule has 0 fully saturated rings. The van der Waals surface area contributed by atoms with Crippen LogP contribution in [0.25, 0.3) is 20.2 Å². The van der Waals surface area contributed by atoms with Crippen molar-refractivity contribution in [3.8, 4) is 0 Å². The highest BCUT2D eigenvalue weighted by atomic mass is 32.1. The molecule has 0 aliphatic carbocycles. The molecule has 3 rings (SSSR count). The monoisotopic (exact) mass is 356 g/mol. The number of aryl methyl sites for hydroxylation is 1. The van der Waals surface area contributed by atoms with Gasteiger partial charge in [0.2, 0.25) is 0 Å². The maximum Gasteiger partial charge on any atom is 0.338 e. The van der Waals surface area contributed by atoms with E-state index in [0.29, 0.717) is 39.4 Å². The largest absolute Gasteiger partial charge is 0.478 e. The molecule has 0 saturated carbocycles. The number of fused-ring (bicyclic) bond motifs is 2. The number of benzene rings is 2. The van der Waals surface area contributed by atoms with Crippen molar-refractivity contribution in [2.24, 2.45) is 0 Å². The Hall–Kier alpha value is -2.73. The summed E-state index contributed by atoms with van der Waals surface area (Å²) < 4.78 is 0.882. The van der Waals surface area contributed by atoms with E-state index in [2.05, 4.69) is 0 Å². The molecule has 1 heterocycles. The van der Waals surface area contributed by atoms with Crippen LogP contribution < -0.4 is 5.43 Å². The average Bonchev–Trinajstić information content (AvgIpc) is 2.59. The van der Waals surface area contributed by atoms with Crippen LogP contribution in [-0.4, -0.2) is 22.2 Å². The lowest BCUT2D eigenvalue weighted by atomic mass is 9.89. The van der Waals surface area contributed by atoms with Gasteiger partial charge in [-0.25, -0.2) is 9.59 Å². The minimum atomic E-state index is -1.33. The van der Waals surface area contributed by atoms with E-state index < -0.39 is 11.9 Å². The first kappa shape index (κ1) is 17.1. The average molecular weight is 356 g/mol. The molecular formula is C19H16O5S. The maximum absolute atomic E-state index is 13.1. The van der Waals surface area contributed by atoms with Crippen LogP contribution in [0.4, 0.5) is 0 Å². The van der Waals surface area contributed by atoms with Gasteiger partial charge in [-0.2, -0.15) is 0 Å². The second-order valence-corrected chi connectivity index (χ2v) is 6.71. The smallest absolute Gasteiger partial charge is 0.338 e. The lowest BCUT2D eigenvalue weighted by Crippen LogP contribution is -2.17. The number of carboxylic acid groups (broad SMARTS) is 2. The Balaban J connectivity index is 2.74. The lowest BCUT2D eigenvalue weighted by Gasteiger charge is -2.17. The van der Waals surface area contributed by atoms with Crippen molar-refractivity contribution in [2.45, 2.75) is 26.7 Å². The van der Waals surface area contributed by atoms with Gasteiger partial charge >= 0.3 is 11.9 Å². The lowest BCUT2D eigenvalue weighted by molar-refractivity contribution is 0.0652. The van der Waals surface area contributed by atoms with Crippen molar-refractivity contribution in [3.63, 3.8) is 0 Å². The molecule has 1 aromatic heterocycles. The number of carbonyl (C=O) groups is 2. The van der Waals surface area contributed by atoms with E-state index in [0.717, 1.165) is 11.3 Å². The first-order chi connectivity index (χ1) is 11.9. The molecule has 5 nitrogen and oxygen atoms in total. The Bertz CT molecular complexity index is 1090. The van der Waals surface area contributed by atoms with E-state index in [-0.39, 0.29) is 21.3 Å². The van der Waals surface area contributed by atoms with Crippen molar-refractivity contribution in [1.29, 1.82) is 0 Å². The third-order valence-corrected chi connectivity index (χ3v) is 5.57. The minimum Gasteiger partial charge on any atom is -0.478 e. The van der Waals surface area contributed by atoms with Crippen LogP contribution in [0.1, 0.15) is 45.7 Å². The SMILES string of the molecule is CCc1c(C(=O)O)c(C(=O)O)c2sc3ccccc3c(=O)c2c1CC. The Labute approximate surface area is 147 Å². The molecular weight excluding hydrogens is 340 g/mol. The van der Waals surface area contributed by atoms with E-state index in [1.807, 2.05) is 6.92 Å². The fraction of sp³-hybridized carbons (Fsp3) is 0.211. The molecule has 0 amide bonds. The Kier molecular flexibility index (Phi) is 4.30. The number of rotatable bonds is 4. The van der Waals surface area contributed by atoms with Gasteiger partial charge in [0, 0.05) is 15.5 Å². The quantitative estimate of drug-likeness (QED) is 0.691. The van der Waals surface area contributed by atoms with Crippen LogP contribution in [-0.2, 0) is 12.8 Å². The van der Waals surface area contributed by atoms with Gasteiger partial charge in [0.1, 0.15) is 0 Å². The van der Waals surface area contributed by atoms with E-state index >= 15 is 0 Å². The van der Waals surface area contributed by atoms with Crippen LogP contribution in [0.5, 0.6) is 0 Å². The van der Waals surface area contributed by atoms with Crippen LogP contribution in [0.3, 0.4) is 0 Å². The highest BCUT2D eigenvalue weighted by Gasteiger charge is 2.28. The predicted molar refractivity (Wildman–Crippen MR) is 98.3 cm³/mol. The number of hydrogen-bond donors (Lipinski definition) is 2. The first-order valence-electron chi connectivity index (χ1n) is 7.92. The standard InChI is InChI=1S/C19H16O5S/c1-3-9-10(4-2)14-16(20)11-7-5-6-8-12(11)25-17(14)15(19(23)24)13(9)18(21)22/h5-8H,3-4H2,1-2H3,(H,21,22)(H,23,24). The fourth-order valence-electron chi connectivity index (χ4n) is 3.38. The zero-order valence-electron chi connectivity index (χ0n) is 13.8. The van der Waals surface area contributed by atoms with Crippen molar-refractivity contribution in [2.75, 3.05) is 0 Å². The zero-order valence-corrected chi connectivity index (χ0v) is 14.6. The molecule has 0 bridgehead atoms. The summed E-state index contributed by atoms with van der Waals surface area (Å²) in [6, 6.07) is 6.98. The molecule has 0 saturated heterocycles.